The maximum absolute atomic E-state index is 12.0. The van der Waals surface area contributed by atoms with E-state index in [1.54, 1.807) is 4.68 Å². The summed E-state index contributed by atoms with van der Waals surface area (Å²) in [7, 11) is 0. The lowest BCUT2D eigenvalue weighted by molar-refractivity contribution is 0.0887. The second kappa shape index (κ2) is 5.67. The van der Waals surface area contributed by atoms with Gasteiger partial charge in [-0.2, -0.15) is 5.10 Å². The van der Waals surface area contributed by atoms with E-state index in [1.807, 2.05) is 20.8 Å². The van der Waals surface area contributed by atoms with Crippen molar-refractivity contribution in [1.82, 2.24) is 15.1 Å². The molecular weight excluding hydrogens is 220 g/mol. The number of nitrogen functional groups attached to an aromatic ring is 1. The van der Waals surface area contributed by atoms with Crippen molar-refractivity contribution in [2.45, 2.75) is 33.4 Å². The third-order valence-corrected chi connectivity index (χ3v) is 2.70. The third kappa shape index (κ3) is 2.97. The summed E-state index contributed by atoms with van der Waals surface area (Å²) in [4.78, 5) is 12.0. The summed E-state index contributed by atoms with van der Waals surface area (Å²) < 4.78 is 1.54. The maximum Gasteiger partial charge on any atom is 0.272 e. The van der Waals surface area contributed by atoms with Crippen LogP contribution in [0.4, 0.5) is 5.69 Å². The summed E-state index contributed by atoms with van der Waals surface area (Å²) >= 11 is 0. The van der Waals surface area contributed by atoms with Crippen molar-refractivity contribution in [2.75, 3.05) is 12.3 Å². The molecule has 0 aliphatic carbocycles. The highest BCUT2D eigenvalue weighted by Crippen LogP contribution is 2.11. The molecule has 96 valence electrons. The minimum absolute atomic E-state index is 0.0937. The zero-order valence-electron chi connectivity index (χ0n) is 10.5. The first-order valence-electron chi connectivity index (χ1n) is 5.74. The first-order chi connectivity index (χ1) is 8.01. The summed E-state index contributed by atoms with van der Waals surface area (Å²) in [5.74, 6) is -0.141. The molecule has 1 rings (SSSR count). The zero-order chi connectivity index (χ0) is 13.0. The molecule has 6 heteroatoms. The van der Waals surface area contributed by atoms with Crippen molar-refractivity contribution in [3.05, 3.63) is 11.9 Å². The van der Waals surface area contributed by atoms with Gasteiger partial charge in [0.15, 0.2) is 0 Å². The van der Waals surface area contributed by atoms with Crippen molar-refractivity contribution >= 4 is 11.6 Å². The molecule has 0 unspecified atom stereocenters. The number of aliphatic hydroxyl groups excluding tert-OH is 1. The van der Waals surface area contributed by atoms with Gasteiger partial charge >= 0.3 is 0 Å². The predicted octanol–water partition coefficient (Wildman–Crippen LogP) is 0.232. The lowest BCUT2D eigenvalue weighted by Crippen LogP contribution is -2.42. The minimum Gasteiger partial charge on any atom is -0.396 e. The molecule has 6 nitrogen and oxygen atoms in total. The molecule has 0 spiro atoms. The molecule has 17 heavy (non-hydrogen) atoms. The number of aromatic nitrogens is 2. The fourth-order valence-electron chi connectivity index (χ4n) is 1.55. The molecule has 1 aromatic heterocycles. The fourth-order valence-corrected chi connectivity index (χ4v) is 1.55. The highest BCUT2D eigenvalue weighted by atomic mass is 16.3. The molecule has 1 heterocycles. The molecule has 0 saturated heterocycles. The average molecular weight is 240 g/mol. The summed E-state index contributed by atoms with van der Waals surface area (Å²) in [5.41, 5.74) is 6.41. The quantitative estimate of drug-likeness (QED) is 0.687. The Morgan fingerprint density at radius 1 is 1.65 bits per heavy atom. The summed E-state index contributed by atoms with van der Waals surface area (Å²) in [6.07, 6.45) is 1.46. The second-order valence-electron chi connectivity index (χ2n) is 4.27. The maximum atomic E-state index is 12.0. The van der Waals surface area contributed by atoms with Crippen molar-refractivity contribution in [3.8, 4) is 0 Å². The summed E-state index contributed by atoms with van der Waals surface area (Å²) in [6, 6.07) is -0.276. The molecule has 1 atom stereocenters. The van der Waals surface area contributed by atoms with Crippen LogP contribution in [0.15, 0.2) is 6.20 Å². The Bertz CT molecular complexity index is 387. The van der Waals surface area contributed by atoms with E-state index in [9.17, 15) is 9.90 Å². The van der Waals surface area contributed by atoms with Crippen molar-refractivity contribution in [3.63, 3.8) is 0 Å². The van der Waals surface area contributed by atoms with Crippen LogP contribution in [0, 0.1) is 5.92 Å². The molecule has 4 N–H and O–H groups in total. The van der Waals surface area contributed by atoms with Gasteiger partial charge in [0.05, 0.1) is 24.5 Å². The predicted molar refractivity (Wildman–Crippen MR) is 65.5 cm³/mol. The molecule has 0 bridgehead atoms. The van der Waals surface area contributed by atoms with Gasteiger partial charge in [0, 0.05) is 6.54 Å². The zero-order valence-corrected chi connectivity index (χ0v) is 10.5. The number of nitrogens with one attached hydrogen (secondary N) is 1. The highest BCUT2D eigenvalue weighted by molar-refractivity contribution is 5.97. The van der Waals surface area contributed by atoms with Crippen LogP contribution in [0.5, 0.6) is 0 Å². The van der Waals surface area contributed by atoms with Gasteiger partial charge in [0.25, 0.3) is 5.91 Å². The van der Waals surface area contributed by atoms with Crippen LogP contribution in [0.3, 0.4) is 0 Å². The highest BCUT2D eigenvalue weighted by Gasteiger charge is 2.21. The molecule has 0 saturated carbocycles. The Morgan fingerprint density at radius 2 is 2.29 bits per heavy atom. The molecular formula is C11H20N4O2. The van der Waals surface area contributed by atoms with Gasteiger partial charge in [0.2, 0.25) is 0 Å². The second-order valence-corrected chi connectivity index (χ2v) is 4.27. The topological polar surface area (TPSA) is 93.2 Å². The van der Waals surface area contributed by atoms with Crippen LogP contribution in [-0.4, -0.2) is 33.4 Å². The fraction of sp³-hybridized carbons (Fsp3) is 0.636. The van der Waals surface area contributed by atoms with Crippen LogP contribution in [-0.2, 0) is 6.54 Å². The van der Waals surface area contributed by atoms with Crippen molar-refractivity contribution < 1.29 is 9.90 Å². The van der Waals surface area contributed by atoms with Gasteiger partial charge in [0.1, 0.15) is 5.69 Å². The first kappa shape index (κ1) is 13.5. The van der Waals surface area contributed by atoms with E-state index in [0.29, 0.717) is 17.9 Å². The lowest BCUT2D eigenvalue weighted by Gasteiger charge is -2.20. The van der Waals surface area contributed by atoms with Gasteiger partial charge in [-0.05, 0) is 12.8 Å². The number of anilines is 1. The normalized spacial score (nSPS) is 12.8. The number of carbonyl (C=O) groups excluding carboxylic acids is 1. The number of hydrogen-bond donors (Lipinski definition) is 3. The number of nitrogens with two attached hydrogens (primary N) is 1. The van der Waals surface area contributed by atoms with E-state index < -0.39 is 0 Å². The van der Waals surface area contributed by atoms with E-state index in [-0.39, 0.29) is 24.5 Å². The molecule has 0 aliphatic rings. The number of aryl methyl sites for hydroxylation is 1. The summed E-state index contributed by atoms with van der Waals surface area (Å²) in [6.45, 7) is 6.23. The number of carbonyl (C=O) groups is 1. The van der Waals surface area contributed by atoms with Crippen LogP contribution in [0.2, 0.25) is 0 Å². The standard InChI is InChI=1S/C11H20N4O2/c1-4-15-10(8(12)5-13-15)11(17)14-9(6-16)7(2)3/h5,7,9,16H,4,6,12H2,1-3H3,(H,14,17)/t9-/m1/s1. The van der Waals surface area contributed by atoms with Crippen molar-refractivity contribution in [2.24, 2.45) is 5.92 Å². The molecule has 0 fully saturated rings. The molecule has 0 aliphatic heterocycles. The van der Waals surface area contributed by atoms with Gasteiger partial charge in [-0.3, -0.25) is 9.48 Å². The van der Waals surface area contributed by atoms with Crippen molar-refractivity contribution in [1.29, 1.82) is 0 Å². The smallest absolute Gasteiger partial charge is 0.272 e. The monoisotopic (exact) mass is 240 g/mol. The molecule has 0 radical (unpaired) electrons. The Morgan fingerprint density at radius 3 is 2.76 bits per heavy atom. The Balaban J connectivity index is 2.85. The number of hydrogen-bond acceptors (Lipinski definition) is 4. The third-order valence-electron chi connectivity index (χ3n) is 2.70. The number of rotatable bonds is 5. The van der Waals surface area contributed by atoms with E-state index >= 15 is 0 Å². The van der Waals surface area contributed by atoms with Crippen LogP contribution in [0.1, 0.15) is 31.3 Å². The van der Waals surface area contributed by atoms with Crippen LogP contribution >= 0.6 is 0 Å². The largest absolute Gasteiger partial charge is 0.396 e. The van der Waals surface area contributed by atoms with Crippen LogP contribution < -0.4 is 11.1 Å². The van der Waals surface area contributed by atoms with Gasteiger partial charge in [-0.1, -0.05) is 13.8 Å². The molecule has 0 aromatic carbocycles. The van der Waals surface area contributed by atoms with Gasteiger partial charge in [-0.25, -0.2) is 0 Å². The first-order valence-corrected chi connectivity index (χ1v) is 5.74. The molecule has 1 aromatic rings. The summed E-state index contributed by atoms with van der Waals surface area (Å²) in [5, 5.41) is 15.9. The molecule has 1 amide bonds. The van der Waals surface area contributed by atoms with Gasteiger partial charge < -0.3 is 16.2 Å². The number of amides is 1. The lowest BCUT2D eigenvalue weighted by atomic mass is 10.1. The Labute approximate surface area is 101 Å². The van der Waals surface area contributed by atoms with Gasteiger partial charge in [-0.15, -0.1) is 0 Å². The number of aliphatic hydroxyl groups is 1. The van der Waals surface area contributed by atoms with E-state index in [2.05, 4.69) is 10.4 Å². The van der Waals surface area contributed by atoms with E-state index in [1.165, 1.54) is 6.20 Å². The Kier molecular flexibility index (Phi) is 4.51. The van der Waals surface area contributed by atoms with E-state index in [4.69, 9.17) is 5.73 Å². The minimum atomic E-state index is -0.297. The average Bonchev–Trinajstić information content (AvgIpc) is 2.66. The van der Waals surface area contributed by atoms with Crippen LogP contribution in [0.25, 0.3) is 0 Å². The SMILES string of the molecule is CCn1ncc(N)c1C(=O)N[C@H](CO)C(C)C. The Hall–Kier alpha value is -1.56. The number of nitrogens with zero attached hydrogens (tertiary/aromatic N) is 2. The van der Waals surface area contributed by atoms with E-state index in [0.717, 1.165) is 0 Å².